The van der Waals surface area contributed by atoms with Crippen molar-refractivity contribution in [1.29, 1.82) is 0 Å². The van der Waals surface area contributed by atoms with E-state index in [-0.39, 0.29) is 13.2 Å². The largest absolute Gasteiger partial charge is 0.497 e. The van der Waals surface area contributed by atoms with E-state index in [1.807, 2.05) is 6.92 Å². The number of aliphatic hydroxyl groups excluding tert-OH is 1. The molecule has 1 heterocycles. The Labute approximate surface area is 180 Å². The third kappa shape index (κ3) is 4.96. The fourth-order valence-corrected chi connectivity index (χ4v) is 3.61. The standard InChI is InChI=1S/C23H27FN2O5/c1-3-4-13-23(16-5-7-17(24)8-6-16)21(28)26(22(29)25-23)14-18(27)15-31-20-11-9-19(30-2)10-12-20/h5-12,18,27H,3-4,13-15H2,1-2H3,(H,25,29). The van der Waals surface area contributed by atoms with E-state index in [2.05, 4.69) is 5.32 Å². The van der Waals surface area contributed by atoms with Crippen LogP contribution >= 0.6 is 0 Å². The number of carbonyl (C=O) groups excluding carboxylic acids is 2. The van der Waals surface area contributed by atoms with Gasteiger partial charge in [0.25, 0.3) is 5.91 Å². The zero-order chi connectivity index (χ0) is 22.4. The Hall–Kier alpha value is -3.13. The number of amides is 3. The maximum Gasteiger partial charge on any atom is 0.325 e. The summed E-state index contributed by atoms with van der Waals surface area (Å²) in [6.07, 6.45) is 0.825. The number of β-amino-alcohol motifs (C(OH)–C–C–N with tert-alkyl or cyclic N) is 1. The smallest absolute Gasteiger partial charge is 0.325 e. The van der Waals surface area contributed by atoms with Crippen LogP contribution < -0.4 is 14.8 Å². The molecule has 166 valence electrons. The van der Waals surface area contributed by atoms with Crippen LogP contribution in [-0.2, 0) is 10.3 Å². The highest BCUT2D eigenvalue weighted by molar-refractivity contribution is 6.07. The van der Waals surface area contributed by atoms with Gasteiger partial charge in [0.05, 0.1) is 13.7 Å². The second-order valence-electron chi connectivity index (χ2n) is 7.50. The molecule has 0 spiro atoms. The molecule has 0 saturated carbocycles. The number of urea groups is 1. The van der Waals surface area contributed by atoms with Crippen molar-refractivity contribution in [1.82, 2.24) is 10.2 Å². The molecule has 1 aliphatic rings. The molecule has 1 saturated heterocycles. The number of benzene rings is 2. The van der Waals surface area contributed by atoms with Gasteiger partial charge in [-0.25, -0.2) is 9.18 Å². The monoisotopic (exact) mass is 430 g/mol. The third-order valence-corrected chi connectivity index (χ3v) is 5.31. The summed E-state index contributed by atoms with van der Waals surface area (Å²) >= 11 is 0. The van der Waals surface area contributed by atoms with E-state index in [1.165, 1.54) is 24.3 Å². The van der Waals surface area contributed by atoms with E-state index < -0.39 is 29.4 Å². The van der Waals surface area contributed by atoms with Crippen molar-refractivity contribution >= 4 is 11.9 Å². The fraction of sp³-hybridized carbons (Fsp3) is 0.391. The van der Waals surface area contributed by atoms with Gasteiger partial charge in [0.1, 0.15) is 35.6 Å². The molecule has 2 unspecified atom stereocenters. The molecule has 0 radical (unpaired) electrons. The first-order chi connectivity index (χ1) is 14.9. The van der Waals surface area contributed by atoms with Crippen molar-refractivity contribution in [2.75, 3.05) is 20.3 Å². The predicted octanol–water partition coefficient (Wildman–Crippen LogP) is 3.21. The van der Waals surface area contributed by atoms with Crippen LogP contribution in [0, 0.1) is 5.82 Å². The molecule has 1 aliphatic heterocycles. The van der Waals surface area contributed by atoms with Crippen molar-refractivity contribution < 1.29 is 28.6 Å². The molecule has 0 bridgehead atoms. The molecular formula is C23H27FN2O5. The molecule has 31 heavy (non-hydrogen) atoms. The van der Waals surface area contributed by atoms with Crippen LogP contribution in [0.3, 0.4) is 0 Å². The van der Waals surface area contributed by atoms with E-state index >= 15 is 0 Å². The average Bonchev–Trinajstić information content (AvgIpc) is 3.02. The molecule has 0 aliphatic carbocycles. The molecule has 7 nitrogen and oxygen atoms in total. The topological polar surface area (TPSA) is 88.1 Å². The SMILES string of the molecule is CCCCC1(c2ccc(F)cc2)NC(=O)N(CC(O)COc2ccc(OC)cc2)C1=O. The molecular weight excluding hydrogens is 403 g/mol. The number of ether oxygens (including phenoxy) is 2. The Morgan fingerprint density at radius 3 is 2.35 bits per heavy atom. The number of imide groups is 1. The highest BCUT2D eigenvalue weighted by atomic mass is 19.1. The number of rotatable bonds is 10. The maximum atomic E-state index is 13.4. The Bertz CT molecular complexity index is 903. The molecule has 2 N–H and O–H groups in total. The van der Waals surface area contributed by atoms with E-state index in [4.69, 9.17) is 9.47 Å². The summed E-state index contributed by atoms with van der Waals surface area (Å²) in [7, 11) is 1.56. The van der Waals surface area contributed by atoms with Gasteiger partial charge in [-0.2, -0.15) is 0 Å². The van der Waals surface area contributed by atoms with E-state index in [0.717, 1.165) is 11.3 Å². The van der Waals surface area contributed by atoms with Gasteiger partial charge in [-0.05, 0) is 48.4 Å². The van der Waals surface area contributed by atoms with Crippen molar-refractivity contribution in [2.24, 2.45) is 0 Å². The number of aliphatic hydroxyl groups is 1. The van der Waals surface area contributed by atoms with Crippen molar-refractivity contribution in [3.8, 4) is 11.5 Å². The number of nitrogens with one attached hydrogen (secondary N) is 1. The number of halogens is 1. The first-order valence-corrected chi connectivity index (χ1v) is 10.2. The molecule has 8 heteroatoms. The molecule has 2 aromatic rings. The zero-order valence-electron chi connectivity index (χ0n) is 17.6. The Balaban J connectivity index is 1.70. The number of hydrogen-bond donors (Lipinski definition) is 2. The number of hydrogen-bond acceptors (Lipinski definition) is 5. The van der Waals surface area contributed by atoms with Crippen LogP contribution in [-0.4, -0.2) is 48.3 Å². The molecule has 3 rings (SSSR count). The normalized spacial score (nSPS) is 19.3. The summed E-state index contributed by atoms with van der Waals surface area (Å²) in [6.45, 7) is 1.68. The van der Waals surface area contributed by atoms with Crippen LogP contribution in [0.5, 0.6) is 11.5 Å². The fourth-order valence-electron chi connectivity index (χ4n) is 3.61. The van der Waals surface area contributed by atoms with Gasteiger partial charge in [0.2, 0.25) is 0 Å². The van der Waals surface area contributed by atoms with Crippen LogP contribution in [0.25, 0.3) is 0 Å². The minimum atomic E-state index is -1.27. The van der Waals surface area contributed by atoms with Crippen molar-refractivity contribution in [3.05, 3.63) is 59.9 Å². The number of nitrogens with zero attached hydrogens (tertiary/aromatic N) is 1. The second kappa shape index (κ2) is 9.78. The quantitative estimate of drug-likeness (QED) is 0.565. The number of unbranched alkanes of at least 4 members (excludes halogenated alkanes) is 1. The van der Waals surface area contributed by atoms with E-state index in [0.29, 0.717) is 29.9 Å². The predicted molar refractivity (Wildman–Crippen MR) is 112 cm³/mol. The van der Waals surface area contributed by atoms with Gasteiger partial charge in [-0.1, -0.05) is 31.9 Å². The van der Waals surface area contributed by atoms with E-state index in [1.54, 1.807) is 31.4 Å². The maximum absolute atomic E-state index is 13.4. The Kier molecular flexibility index (Phi) is 7.12. The summed E-state index contributed by atoms with van der Waals surface area (Å²) in [5.41, 5.74) is -0.746. The van der Waals surface area contributed by atoms with Crippen LogP contribution in [0.2, 0.25) is 0 Å². The summed E-state index contributed by atoms with van der Waals surface area (Å²) in [4.78, 5) is 26.9. The van der Waals surface area contributed by atoms with Gasteiger partial charge in [-0.15, -0.1) is 0 Å². The highest BCUT2D eigenvalue weighted by Crippen LogP contribution is 2.34. The van der Waals surface area contributed by atoms with Crippen LogP contribution in [0.15, 0.2) is 48.5 Å². The highest BCUT2D eigenvalue weighted by Gasteiger charge is 2.52. The lowest BCUT2D eigenvalue weighted by molar-refractivity contribution is -0.133. The average molecular weight is 430 g/mol. The lowest BCUT2D eigenvalue weighted by Crippen LogP contribution is -2.45. The summed E-state index contributed by atoms with van der Waals surface area (Å²) in [5.74, 6) is 0.326. The summed E-state index contributed by atoms with van der Waals surface area (Å²) < 4.78 is 24.0. The lowest BCUT2D eigenvalue weighted by atomic mass is 9.84. The van der Waals surface area contributed by atoms with Gasteiger partial charge < -0.3 is 19.9 Å². The Morgan fingerprint density at radius 1 is 1.10 bits per heavy atom. The minimum absolute atomic E-state index is 0.0953. The van der Waals surface area contributed by atoms with Gasteiger partial charge >= 0.3 is 6.03 Å². The van der Waals surface area contributed by atoms with Crippen molar-refractivity contribution in [2.45, 2.75) is 37.8 Å². The second-order valence-corrected chi connectivity index (χ2v) is 7.50. The number of methoxy groups -OCH3 is 1. The first kappa shape index (κ1) is 22.6. The zero-order valence-corrected chi connectivity index (χ0v) is 17.6. The molecule has 0 aromatic heterocycles. The minimum Gasteiger partial charge on any atom is -0.497 e. The molecule has 2 aromatic carbocycles. The lowest BCUT2D eigenvalue weighted by Gasteiger charge is -2.27. The van der Waals surface area contributed by atoms with Gasteiger partial charge in [-0.3, -0.25) is 9.69 Å². The van der Waals surface area contributed by atoms with Gasteiger partial charge in [0, 0.05) is 0 Å². The van der Waals surface area contributed by atoms with E-state index in [9.17, 15) is 19.1 Å². The molecule has 3 amide bonds. The first-order valence-electron chi connectivity index (χ1n) is 10.2. The van der Waals surface area contributed by atoms with Crippen LogP contribution in [0.1, 0.15) is 31.7 Å². The summed E-state index contributed by atoms with van der Waals surface area (Å²) in [5, 5.41) is 13.2. The Morgan fingerprint density at radius 2 is 1.74 bits per heavy atom. The van der Waals surface area contributed by atoms with Crippen LogP contribution in [0.4, 0.5) is 9.18 Å². The third-order valence-electron chi connectivity index (χ3n) is 5.31. The summed E-state index contributed by atoms with van der Waals surface area (Å²) in [6, 6.07) is 11.8. The molecule has 2 atom stereocenters. The molecule has 1 fully saturated rings. The van der Waals surface area contributed by atoms with Crippen molar-refractivity contribution in [3.63, 3.8) is 0 Å². The number of carbonyl (C=O) groups is 2. The van der Waals surface area contributed by atoms with Gasteiger partial charge in [0.15, 0.2) is 0 Å².